The van der Waals surface area contributed by atoms with Crippen LogP contribution in [0.4, 0.5) is 0 Å². The number of hydrogen-bond donors (Lipinski definition) is 0. The number of carbonyl (C=O) groups is 1. The van der Waals surface area contributed by atoms with Crippen molar-refractivity contribution in [1.82, 2.24) is 0 Å². The van der Waals surface area contributed by atoms with Crippen LogP contribution in [0.15, 0.2) is 24.3 Å². The lowest BCUT2D eigenvalue weighted by Crippen LogP contribution is -2.28. The summed E-state index contributed by atoms with van der Waals surface area (Å²) in [6.45, 7) is 8.36. The molecular weight excluding hydrogens is 228 g/mol. The van der Waals surface area contributed by atoms with Gasteiger partial charge in [0, 0.05) is 0 Å². The van der Waals surface area contributed by atoms with Gasteiger partial charge in [0.1, 0.15) is 5.75 Å². The Morgan fingerprint density at radius 1 is 1.17 bits per heavy atom. The first kappa shape index (κ1) is 14.6. The van der Waals surface area contributed by atoms with Crippen molar-refractivity contribution in [3.63, 3.8) is 0 Å². The number of esters is 1. The largest absolute Gasteiger partial charge is 0.479 e. The molecule has 0 N–H and O–H groups in total. The van der Waals surface area contributed by atoms with Gasteiger partial charge in [0.15, 0.2) is 6.10 Å². The van der Waals surface area contributed by atoms with Gasteiger partial charge in [-0.3, -0.25) is 0 Å². The lowest BCUT2D eigenvalue weighted by Gasteiger charge is -2.16. The lowest BCUT2D eigenvalue weighted by molar-refractivity contribution is -0.151. The van der Waals surface area contributed by atoms with Gasteiger partial charge in [-0.1, -0.05) is 32.9 Å². The van der Waals surface area contributed by atoms with E-state index in [1.165, 1.54) is 5.56 Å². The maximum Gasteiger partial charge on any atom is 0.347 e. The Morgan fingerprint density at radius 2 is 1.78 bits per heavy atom. The van der Waals surface area contributed by atoms with E-state index in [1.807, 2.05) is 31.2 Å². The molecule has 1 atom stereocenters. The molecule has 0 spiro atoms. The van der Waals surface area contributed by atoms with Crippen LogP contribution in [0.3, 0.4) is 0 Å². The van der Waals surface area contributed by atoms with Gasteiger partial charge in [-0.2, -0.15) is 0 Å². The van der Waals surface area contributed by atoms with E-state index in [0.717, 1.165) is 0 Å². The second kappa shape index (κ2) is 7.04. The summed E-state index contributed by atoms with van der Waals surface area (Å²) in [6.07, 6.45) is 0.0833. The molecule has 0 aliphatic carbocycles. The minimum absolute atomic E-state index is 0.298. The van der Waals surface area contributed by atoms with E-state index >= 15 is 0 Å². The third-order valence-corrected chi connectivity index (χ3v) is 2.75. The standard InChI is InChI=1S/C15H22O3/c1-5-14(15(16)17-6-2)18-13-9-7-12(8-10-13)11(3)4/h7-11,14H,5-6H2,1-4H3. The van der Waals surface area contributed by atoms with E-state index < -0.39 is 6.10 Å². The Kier molecular flexibility index (Phi) is 5.69. The number of benzene rings is 1. The predicted molar refractivity (Wildman–Crippen MR) is 71.9 cm³/mol. The number of hydrogen-bond acceptors (Lipinski definition) is 3. The summed E-state index contributed by atoms with van der Waals surface area (Å²) in [5.41, 5.74) is 1.26. The van der Waals surface area contributed by atoms with Gasteiger partial charge in [0.2, 0.25) is 0 Å². The van der Waals surface area contributed by atoms with Gasteiger partial charge in [0.25, 0.3) is 0 Å². The molecule has 100 valence electrons. The van der Waals surface area contributed by atoms with Crippen molar-refractivity contribution in [1.29, 1.82) is 0 Å². The monoisotopic (exact) mass is 250 g/mol. The minimum Gasteiger partial charge on any atom is -0.479 e. The van der Waals surface area contributed by atoms with Crippen LogP contribution in [0.2, 0.25) is 0 Å². The molecule has 0 aliphatic rings. The van der Waals surface area contributed by atoms with Gasteiger partial charge in [-0.25, -0.2) is 4.79 Å². The van der Waals surface area contributed by atoms with Gasteiger partial charge in [0.05, 0.1) is 6.61 Å². The first-order chi connectivity index (χ1) is 8.58. The molecule has 0 aliphatic heterocycles. The Balaban J connectivity index is 2.67. The molecule has 0 saturated heterocycles. The maximum atomic E-state index is 11.6. The Morgan fingerprint density at radius 3 is 2.22 bits per heavy atom. The van der Waals surface area contributed by atoms with E-state index in [0.29, 0.717) is 24.7 Å². The van der Waals surface area contributed by atoms with Crippen molar-refractivity contribution in [2.24, 2.45) is 0 Å². The summed E-state index contributed by atoms with van der Waals surface area (Å²) in [4.78, 5) is 11.6. The zero-order valence-corrected chi connectivity index (χ0v) is 11.6. The normalized spacial score (nSPS) is 12.3. The summed E-state index contributed by atoms with van der Waals surface area (Å²) in [5.74, 6) is 0.901. The van der Waals surface area contributed by atoms with E-state index in [-0.39, 0.29) is 5.97 Å². The van der Waals surface area contributed by atoms with E-state index in [4.69, 9.17) is 9.47 Å². The molecule has 3 heteroatoms. The Labute approximate surface area is 109 Å². The van der Waals surface area contributed by atoms with Crippen molar-refractivity contribution in [3.8, 4) is 5.75 Å². The highest BCUT2D eigenvalue weighted by molar-refractivity contribution is 5.75. The third-order valence-electron chi connectivity index (χ3n) is 2.75. The smallest absolute Gasteiger partial charge is 0.347 e. The maximum absolute atomic E-state index is 11.6. The molecule has 1 aromatic rings. The van der Waals surface area contributed by atoms with Crippen LogP contribution in [0.1, 0.15) is 45.6 Å². The minimum atomic E-state index is -0.519. The molecule has 0 fully saturated rings. The fourth-order valence-corrected chi connectivity index (χ4v) is 1.63. The molecule has 0 bridgehead atoms. The zero-order chi connectivity index (χ0) is 13.5. The zero-order valence-electron chi connectivity index (χ0n) is 11.6. The first-order valence-electron chi connectivity index (χ1n) is 6.51. The fraction of sp³-hybridized carbons (Fsp3) is 0.533. The molecule has 1 rings (SSSR count). The van der Waals surface area contributed by atoms with Crippen LogP contribution in [0, 0.1) is 0 Å². The predicted octanol–water partition coefficient (Wildman–Crippen LogP) is 3.53. The Bertz CT molecular complexity index is 368. The lowest BCUT2D eigenvalue weighted by atomic mass is 10.0. The van der Waals surface area contributed by atoms with E-state index in [1.54, 1.807) is 6.92 Å². The second-order valence-electron chi connectivity index (χ2n) is 4.49. The van der Waals surface area contributed by atoms with Crippen LogP contribution >= 0.6 is 0 Å². The van der Waals surface area contributed by atoms with Crippen LogP contribution < -0.4 is 4.74 Å². The van der Waals surface area contributed by atoms with Crippen molar-refractivity contribution in [2.45, 2.75) is 46.1 Å². The fourth-order valence-electron chi connectivity index (χ4n) is 1.63. The molecule has 3 nitrogen and oxygen atoms in total. The van der Waals surface area contributed by atoms with E-state index in [9.17, 15) is 4.79 Å². The van der Waals surface area contributed by atoms with Crippen LogP contribution in [-0.4, -0.2) is 18.7 Å². The van der Waals surface area contributed by atoms with Crippen LogP contribution in [-0.2, 0) is 9.53 Å². The summed E-state index contributed by atoms with van der Waals surface area (Å²) in [6, 6.07) is 7.85. The van der Waals surface area contributed by atoms with Gasteiger partial charge in [-0.05, 0) is 37.0 Å². The van der Waals surface area contributed by atoms with Gasteiger partial charge < -0.3 is 9.47 Å². The van der Waals surface area contributed by atoms with Crippen molar-refractivity contribution >= 4 is 5.97 Å². The topological polar surface area (TPSA) is 35.5 Å². The average Bonchev–Trinajstić information content (AvgIpc) is 2.36. The Hall–Kier alpha value is -1.51. The number of rotatable bonds is 6. The van der Waals surface area contributed by atoms with Gasteiger partial charge >= 0.3 is 5.97 Å². The first-order valence-corrected chi connectivity index (χ1v) is 6.51. The summed E-state index contributed by atoms with van der Waals surface area (Å²) >= 11 is 0. The van der Waals surface area contributed by atoms with Gasteiger partial charge in [-0.15, -0.1) is 0 Å². The molecule has 0 aromatic heterocycles. The molecule has 0 radical (unpaired) electrons. The summed E-state index contributed by atoms with van der Waals surface area (Å²) < 4.78 is 10.6. The highest BCUT2D eigenvalue weighted by atomic mass is 16.6. The SMILES string of the molecule is CCOC(=O)C(CC)Oc1ccc(C(C)C)cc1. The highest BCUT2D eigenvalue weighted by Crippen LogP contribution is 2.20. The second-order valence-corrected chi connectivity index (χ2v) is 4.49. The van der Waals surface area contributed by atoms with Crippen molar-refractivity contribution in [2.75, 3.05) is 6.61 Å². The number of carbonyl (C=O) groups excluding carboxylic acids is 1. The molecule has 0 amide bonds. The van der Waals surface area contributed by atoms with E-state index in [2.05, 4.69) is 13.8 Å². The number of ether oxygens (including phenoxy) is 2. The molecule has 0 saturated carbocycles. The molecule has 18 heavy (non-hydrogen) atoms. The van der Waals surface area contributed by atoms with Crippen molar-refractivity contribution in [3.05, 3.63) is 29.8 Å². The molecule has 0 heterocycles. The summed E-state index contributed by atoms with van der Waals surface area (Å²) in [5, 5.41) is 0. The average molecular weight is 250 g/mol. The molecule has 1 aromatic carbocycles. The van der Waals surface area contributed by atoms with Crippen LogP contribution in [0.5, 0.6) is 5.75 Å². The summed E-state index contributed by atoms with van der Waals surface area (Å²) in [7, 11) is 0. The molecule has 1 unspecified atom stereocenters. The van der Waals surface area contributed by atoms with Crippen molar-refractivity contribution < 1.29 is 14.3 Å². The molecular formula is C15H22O3. The highest BCUT2D eigenvalue weighted by Gasteiger charge is 2.19. The van der Waals surface area contributed by atoms with Crippen LogP contribution in [0.25, 0.3) is 0 Å². The third kappa shape index (κ3) is 4.06. The quantitative estimate of drug-likeness (QED) is 0.724.